The van der Waals surface area contributed by atoms with Crippen LogP contribution in [0.25, 0.3) is 0 Å². The van der Waals surface area contributed by atoms with Gasteiger partial charge in [0, 0.05) is 12.1 Å². The van der Waals surface area contributed by atoms with Crippen LogP contribution < -0.4 is 4.72 Å². The summed E-state index contributed by atoms with van der Waals surface area (Å²) >= 11 is 0. The Bertz CT molecular complexity index is 712. The van der Waals surface area contributed by atoms with Gasteiger partial charge in [0.2, 0.25) is 10.0 Å². The molecular formula is C16H21NO3S. The van der Waals surface area contributed by atoms with E-state index in [-0.39, 0.29) is 11.4 Å². The lowest BCUT2D eigenvalue weighted by Gasteiger charge is -2.09. The molecule has 0 atom stereocenters. The van der Waals surface area contributed by atoms with Crippen LogP contribution in [0.2, 0.25) is 0 Å². The fourth-order valence-corrected chi connectivity index (χ4v) is 3.15. The second-order valence-electron chi connectivity index (χ2n) is 5.49. The molecular weight excluding hydrogens is 286 g/mol. The summed E-state index contributed by atoms with van der Waals surface area (Å²) in [5.74, 6) is 1.90. The number of aryl methyl sites for hydroxylation is 2. The van der Waals surface area contributed by atoms with E-state index in [9.17, 15) is 8.42 Å². The molecule has 1 N–H and O–H groups in total. The molecule has 114 valence electrons. The van der Waals surface area contributed by atoms with E-state index >= 15 is 0 Å². The minimum atomic E-state index is -3.50. The third-order valence-electron chi connectivity index (χ3n) is 3.45. The lowest BCUT2D eigenvalue weighted by atomic mass is 10.0. The van der Waals surface area contributed by atoms with Gasteiger partial charge >= 0.3 is 0 Å². The highest BCUT2D eigenvalue weighted by Crippen LogP contribution is 2.18. The predicted octanol–water partition coefficient (Wildman–Crippen LogP) is 3.50. The van der Waals surface area contributed by atoms with E-state index in [1.807, 2.05) is 32.0 Å². The summed E-state index contributed by atoms with van der Waals surface area (Å²) in [6, 6.07) is 8.84. The van der Waals surface area contributed by atoms with Crippen molar-refractivity contribution in [2.24, 2.45) is 0 Å². The molecule has 0 unspecified atom stereocenters. The highest BCUT2D eigenvalue weighted by Gasteiger charge is 2.15. The van der Waals surface area contributed by atoms with Crippen molar-refractivity contribution in [2.45, 2.75) is 45.1 Å². The summed E-state index contributed by atoms with van der Waals surface area (Å²) in [5.41, 5.74) is 1.98. The van der Waals surface area contributed by atoms with Crippen LogP contribution in [-0.4, -0.2) is 8.42 Å². The zero-order valence-electron chi connectivity index (χ0n) is 12.8. The second kappa shape index (κ2) is 6.03. The molecule has 1 aromatic heterocycles. The van der Waals surface area contributed by atoms with Crippen LogP contribution in [0.5, 0.6) is 0 Å². The summed E-state index contributed by atoms with van der Waals surface area (Å²) in [7, 11) is -3.50. The number of rotatable bonds is 5. The van der Waals surface area contributed by atoms with Crippen molar-refractivity contribution < 1.29 is 12.8 Å². The first-order chi connectivity index (χ1) is 9.79. The summed E-state index contributed by atoms with van der Waals surface area (Å²) in [4.78, 5) is 0.282. The molecule has 0 bridgehead atoms. The number of sulfonamides is 1. The maximum absolute atomic E-state index is 12.3. The summed E-state index contributed by atoms with van der Waals surface area (Å²) in [5, 5.41) is 0. The first kappa shape index (κ1) is 15.8. The second-order valence-corrected chi connectivity index (χ2v) is 7.25. The Hall–Kier alpha value is -1.59. The maximum atomic E-state index is 12.3. The molecule has 1 aromatic carbocycles. The van der Waals surface area contributed by atoms with Crippen molar-refractivity contribution >= 4 is 10.0 Å². The third-order valence-corrected chi connectivity index (χ3v) is 4.87. The summed E-state index contributed by atoms with van der Waals surface area (Å²) < 4.78 is 32.5. The number of benzene rings is 1. The van der Waals surface area contributed by atoms with Crippen molar-refractivity contribution in [1.29, 1.82) is 0 Å². The van der Waals surface area contributed by atoms with Gasteiger partial charge < -0.3 is 4.42 Å². The van der Waals surface area contributed by atoms with Gasteiger partial charge in [-0.3, -0.25) is 0 Å². The molecule has 0 saturated carbocycles. The molecule has 0 aliphatic rings. The van der Waals surface area contributed by atoms with Crippen LogP contribution >= 0.6 is 0 Å². The number of furan rings is 1. The SMILES string of the molecule is Cc1cc(CNS(=O)(=O)c2ccc(C(C)C)cc2)c(C)o1. The predicted molar refractivity (Wildman–Crippen MR) is 82.7 cm³/mol. The molecule has 0 aliphatic heterocycles. The molecule has 2 rings (SSSR count). The van der Waals surface area contributed by atoms with E-state index in [2.05, 4.69) is 18.6 Å². The van der Waals surface area contributed by atoms with E-state index in [4.69, 9.17) is 4.42 Å². The van der Waals surface area contributed by atoms with Crippen LogP contribution in [0.1, 0.15) is 42.4 Å². The Balaban J connectivity index is 2.13. The molecule has 21 heavy (non-hydrogen) atoms. The standard InChI is InChI=1S/C16H21NO3S/c1-11(2)14-5-7-16(8-6-14)21(18,19)17-10-15-9-12(3)20-13(15)4/h5-9,11,17H,10H2,1-4H3. The van der Waals surface area contributed by atoms with Crippen molar-refractivity contribution in [3.63, 3.8) is 0 Å². The van der Waals surface area contributed by atoms with Gasteiger partial charge in [-0.2, -0.15) is 0 Å². The number of hydrogen-bond donors (Lipinski definition) is 1. The van der Waals surface area contributed by atoms with E-state index in [1.54, 1.807) is 12.1 Å². The van der Waals surface area contributed by atoms with Crippen LogP contribution in [0.15, 0.2) is 39.6 Å². The molecule has 0 spiro atoms. The molecule has 4 nitrogen and oxygen atoms in total. The Morgan fingerprint density at radius 1 is 1.14 bits per heavy atom. The van der Waals surface area contributed by atoms with Crippen LogP contribution in [0.3, 0.4) is 0 Å². The summed E-state index contributed by atoms with van der Waals surface area (Å²) in [6.07, 6.45) is 0. The van der Waals surface area contributed by atoms with Gasteiger partial charge in [0.15, 0.2) is 0 Å². The molecule has 0 saturated heterocycles. The van der Waals surface area contributed by atoms with Gasteiger partial charge in [0.05, 0.1) is 4.90 Å². The van der Waals surface area contributed by atoms with Gasteiger partial charge in [-0.15, -0.1) is 0 Å². The Morgan fingerprint density at radius 3 is 2.24 bits per heavy atom. The fraction of sp³-hybridized carbons (Fsp3) is 0.375. The number of nitrogens with one attached hydrogen (secondary N) is 1. The van der Waals surface area contributed by atoms with Crippen molar-refractivity contribution in [3.05, 3.63) is 53.0 Å². The van der Waals surface area contributed by atoms with E-state index in [0.29, 0.717) is 5.92 Å². The van der Waals surface area contributed by atoms with Gasteiger partial charge in [-0.1, -0.05) is 26.0 Å². The Kier molecular flexibility index (Phi) is 4.54. The number of hydrogen-bond acceptors (Lipinski definition) is 3. The van der Waals surface area contributed by atoms with Crippen molar-refractivity contribution in [2.75, 3.05) is 0 Å². The topological polar surface area (TPSA) is 59.3 Å². The zero-order chi connectivity index (χ0) is 15.6. The fourth-order valence-electron chi connectivity index (χ4n) is 2.15. The largest absolute Gasteiger partial charge is 0.466 e. The first-order valence-electron chi connectivity index (χ1n) is 6.95. The summed E-state index contributed by atoms with van der Waals surface area (Å²) in [6.45, 7) is 8.05. The maximum Gasteiger partial charge on any atom is 0.240 e. The highest BCUT2D eigenvalue weighted by molar-refractivity contribution is 7.89. The van der Waals surface area contributed by atoms with Crippen LogP contribution in [0.4, 0.5) is 0 Å². The molecule has 0 fully saturated rings. The first-order valence-corrected chi connectivity index (χ1v) is 8.43. The Labute approximate surface area is 126 Å². The molecule has 2 aromatic rings. The molecule has 0 amide bonds. The smallest absolute Gasteiger partial charge is 0.240 e. The lowest BCUT2D eigenvalue weighted by molar-refractivity contribution is 0.500. The Morgan fingerprint density at radius 2 is 1.76 bits per heavy atom. The monoisotopic (exact) mass is 307 g/mol. The molecule has 1 heterocycles. The van der Waals surface area contributed by atoms with E-state index in [1.165, 1.54) is 0 Å². The normalized spacial score (nSPS) is 12.0. The van der Waals surface area contributed by atoms with Gasteiger partial charge in [0.1, 0.15) is 11.5 Å². The quantitative estimate of drug-likeness (QED) is 0.919. The van der Waals surface area contributed by atoms with E-state index < -0.39 is 10.0 Å². The minimum Gasteiger partial charge on any atom is -0.466 e. The average molecular weight is 307 g/mol. The van der Waals surface area contributed by atoms with Crippen molar-refractivity contribution in [1.82, 2.24) is 4.72 Å². The molecule has 5 heteroatoms. The van der Waals surface area contributed by atoms with Gasteiger partial charge in [-0.25, -0.2) is 13.1 Å². The molecule has 0 radical (unpaired) electrons. The average Bonchev–Trinajstić information content (AvgIpc) is 2.75. The molecule has 0 aliphatic carbocycles. The lowest BCUT2D eigenvalue weighted by Crippen LogP contribution is -2.23. The van der Waals surface area contributed by atoms with E-state index in [0.717, 1.165) is 22.6 Å². The van der Waals surface area contributed by atoms with Crippen LogP contribution in [0, 0.1) is 13.8 Å². The van der Waals surface area contributed by atoms with Gasteiger partial charge in [-0.05, 0) is 43.5 Å². The highest BCUT2D eigenvalue weighted by atomic mass is 32.2. The van der Waals surface area contributed by atoms with Crippen molar-refractivity contribution in [3.8, 4) is 0 Å². The zero-order valence-corrected chi connectivity index (χ0v) is 13.6. The third kappa shape index (κ3) is 3.74. The van der Waals surface area contributed by atoms with Gasteiger partial charge in [0.25, 0.3) is 0 Å². The minimum absolute atomic E-state index is 0.234. The van der Waals surface area contributed by atoms with Crippen LogP contribution in [-0.2, 0) is 16.6 Å².